The van der Waals surface area contributed by atoms with Crippen LogP contribution in [0.25, 0.3) is 0 Å². The molecule has 2 fully saturated rings. The average molecular weight is 355 g/mol. The second-order valence-electron chi connectivity index (χ2n) is 7.94. The Kier molecular flexibility index (Phi) is 3.22. The zero-order valence-corrected chi connectivity index (χ0v) is 14.7. The molecule has 3 aliphatic heterocycles. The SMILES string of the molecule is COc1c2c(cc3c1C(=O)N(C1CCC(=O)NC1=O)C3)CC1(CNC1)C2. The van der Waals surface area contributed by atoms with Crippen molar-refractivity contribution in [2.24, 2.45) is 5.41 Å². The second-order valence-corrected chi connectivity index (χ2v) is 7.94. The summed E-state index contributed by atoms with van der Waals surface area (Å²) in [7, 11) is 1.61. The van der Waals surface area contributed by atoms with Gasteiger partial charge in [0.2, 0.25) is 11.8 Å². The van der Waals surface area contributed by atoms with Crippen LogP contribution in [0.15, 0.2) is 6.07 Å². The largest absolute Gasteiger partial charge is 0.496 e. The molecule has 2 saturated heterocycles. The van der Waals surface area contributed by atoms with Crippen LogP contribution in [-0.2, 0) is 29.0 Å². The molecule has 0 aromatic heterocycles. The summed E-state index contributed by atoms with van der Waals surface area (Å²) < 4.78 is 5.69. The predicted octanol–water partition coefficient (Wildman–Crippen LogP) is 0.144. The predicted molar refractivity (Wildman–Crippen MR) is 91.7 cm³/mol. The number of piperidine rings is 1. The topological polar surface area (TPSA) is 87.7 Å². The molecule has 5 rings (SSSR count). The number of fused-ring (bicyclic) bond motifs is 2. The summed E-state index contributed by atoms with van der Waals surface area (Å²) in [5.74, 6) is -0.136. The van der Waals surface area contributed by atoms with Gasteiger partial charge in [-0.3, -0.25) is 19.7 Å². The third kappa shape index (κ3) is 2.06. The van der Waals surface area contributed by atoms with Gasteiger partial charge in [0, 0.05) is 31.5 Å². The molecule has 1 aromatic carbocycles. The average Bonchev–Trinajstić information content (AvgIpc) is 3.12. The van der Waals surface area contributed by atoms with Gasteiger partial charge in [-0.05, 0) is 36.0 Å². The summed E-state index contributed by atoms with van der Waals surface area (Å²) in [5.41, 5.74) is 4.21. The van der Waals surface area contributed by atoms with Crippen LogP contribution in [0.1, 0.15) is 39.9 Å². The Labute approximate surface area is 151 Å². The fourth-order valence-electron chi connectivity index (χ4n) is 4.95. The normalized spacial score (nSPS) is 25.8. The molecular weight excluding hydrogens is 334 g/mol. The molecule has 7 heteroatoms. The Morgan fingerprint density at radius 1 is 1.19 bits per heavy atom. The first kappa shape index (κ1) is 15.8. The van der Waals surface area contributed by atoms with E-state index in [9.17, 15) is 14.4 Å². The van der Waals surface area contributed by atoms with Crippen molar-refractivity contribution < 1.29 is 19.1 Å². The minimum absolute atomic E-state index is 0.165. The summed E-state index contributed by atoms with van der Waals surface area (Å²) in [4.78, 5) is 38.3. The van der Waals surface area contributed by atoms with Crippen molar-refractivity contribution >= 4 is 17.7 Å². The number of hydrogen-bond donors (Lipinski definition) is 2. The fourth-order valence-corrected chi connectivity index (χ4v) is 4.95. The van der Waals surface area contributed by atoms with E-state index in [1.807, 2.05) is 0 Å². The van der Waals surface area contributed by atoms with E-state index in [0.717, 1.165) is 37.1 Å². The monoisotopic (exact) mass is 355 g/mol. The zero-order valence-electron chi connectivity index (χ0n) is 14.7. The van der Waals surface area contributed by atoms with Crippen molar-refractivity contribution in [2.75, 3.05) is 20.2 Å². The maximum absolute atomic E-state index is 13.1. The minimum Gasteiger partial charge on any atom is -0.496 e. The quantitative estimate of drug-likeness (QED) is 0.737. The molecule has 1 aliphatic carbocycles. The van der Waals surface area contributed by atoms with Gasteiger partial charge in [-0.25, -0.2) is 0 Å². The highest BCUT2D eigenvalue weighted by Gasteiger charge is 2.47. The van der Waals surface area contributed by atoms with Crippen LogP contribution in [0.3, 0.4) is 0 Å². The number of amides is 3. The van der Waals surface area contributed by atoms with E-state index >= 15 is 0 Å². The molecule has 1 atom stereocenters. The van der Waals surface area contributed by atoms with E-state index < -0.39 is 6.04 Å². The number of carbonyl (C=O) groups excluding carboxylic acids is 3. The highest BCUT2D eigenvalue weighted by atomic mass is 16.5. The lowest BCUT2D eigenvalue weighted by Crippen LogP contribution is -2.54. The highest BCUT2D eigenvalue weighted by molar-refractivity contribution is 6.06. The molecule has 1 spiro atoms. The molecular formula is C19H21N3O4. The highest BCUT2D eigenvalue weighted by Crippen LogP contribution is 2.47. The zero-order chi connectivity index (χ0) is 18.1. The van der Waals surface area contributed by atoms with E-state index in [2.05, 4.69) is 16.7 Å². The third-order valence-electron chi connectivity index (χ3n) is 6.28. The van der Waals surface area contributed by atoms with Crippen LogP contribution in [0.4, 0.5) is 0 Å². The van der Waals surface area contributed by atoms with Gasteiger partial charge in [0.15, 0.2) is 0 Å². The molecule has 0 bridgehead atoms. The van der Waals surface area contributed by atoms with Crippen molar-refractivity contribution in [1.29, 1.82) is 0 Å². The van der Waals surface area contributed by atoms with Crippen LogP contribution in [0, 0.1) is 5.41 Å². The Morgan fingerprint density at radius 3 is 2.65 bits per heavy atom. The lowest BCUT2D eigenvalue weighted by Gasteiger charge is -2.39. The molecule has 0 radical (unpaired) electrons. The van der Waals surface area contributed by atoms with Gasteiger partial charge in [0.1, 0.15) is 11.8 Å². The van der Waals surface area contributed by atoms with Gasteiger partial charge in [0.25, 0.3) is 5.91 Å². The summed E-state index contributed by atoms with van der Waals surface area (Å²) in [6, 6.07) is 1.54. The smallest absolute Gasteiger partial charge is 0.258 e. The lowest BCUT2D eigenvalue weighted by molar-refractivity contribution is -0.136. The van der Waals surface area contributed by atoms with E-state index in [4.69, 9.17) is 4.74 Å². The maximum atomic E-state index is 13.1. The van der Waals surface area contributed by atoms with Gasteiger partial charge in [-0.2, -0.15) is 0 Å². The fraction of sp³-hybridized carbons (Fsp3) is 0.526. The number of hydrogen-bond acceptors (Lipinski definition) is 5. The van der Waals surface area contributed by atoms with E-state index in [-0.39, 0.29) is 29.6 Å². The molecule has 136 valence electrons. The van der Waals surface area contributed by atoms with Crippen molar-refractivity contribution in [3.8, 4) is 5.75 Å². The maximum Gasteiger partial charge on any atom is 0.258 e. The molecule has 0 saturated carbocycles. The van der Waals surface area contributed by atoms with Crippen LogP contribution in [-0.4, -0.2) is 48.9 Å². The number of methoxy groups -OCH3 is 1. The molecule has 4 aliphatic rings. The van der Waals surface area contributed by atoms with Crippen LogP contribution < -0.4 is 15.4 Å². The Bertz CT molecular complexity index is 859. The minimum atomic E-state index is -0.589. The van der Waals surface area contributed by atoms with E-state index in [1.165, 1.54) is 5.56 Å². The number of imide groups is 1. The molecule has 3 amide bonds. The van der Waals surface area contributed by atoms with Gasteiger partial charge in [-0.15, -0.1) is 0 Å². The van der Waals surface area contributed by atoms with Crippen molar-refractivity contribution in [3.63, 3.8) is 0 Å². The lowest BCUT2D eigenvalue weighted by atomic mass is 9.79. The van der Waals surface area contributed by atoms with Crippen molar-refractivity contribution in [2.45, 2.75) is 38.3 Å². The first-order chi connectivity index (χ1) is 12.5. The Balaban J connectivity index is 1.50. The Hall–Kier alpha value is -2.41. The molecule has 7 nitrogen and oxygen atoms in total. The van der Waals surface area contributed by atoms with Crippen LogP contribution in [0.2, 0.25) is 0 Å². The summed E-state index contributed by atoms with van der Waals surface area (Å²) in [5, 5.41) is 5.70. The van der Waals surface area contributed by atoms with E-state index in [1.54, 1.807) is 12.0 Å². The molecule has 3 heterocycles. The second kappa shape index (κ2) is 5.30. The molecule has 26 heavy (non-hydrogen) atoms. The Morgan fingerprint density at radius 2 is 2.00 bits per heavy atom. The standard InChI is InChI=1S/C19H21N3O4/c1-26-16-12-6-19(8-20-9-19)5-10(12)4-11-7-22(18(25)15(11)16)13-2-3-14(23)21-17(13)24/h4,13,20H,2-3,5-9H2,1H3,(H,21,23,24). The molecule has 2 N–H and O–H groups in total. The van der Waals surface area contributed by atoms with Crippen molar-refractivity contribution in [3.05, 3.63) is 28.3 Å². The van der Waals surface area contributed by atoms with Crippen molar-refractivity contribution in [1.82, 2.24) is 15.5 Å². The van der Waals surface area contributed by atoms with Gasteiger partial charge in [-0.1, -0.05) is 6.07 Å². The molecule has 1 aromatic rings. The van der Waals surface area contributed by atoms with Gasteiger partial charge < -0.3 is 15.0 Å². The number of benzene rings is 1. The first-order valence-corrected chi connectivity index (χ1v) is 9.08. The number of nitrogens with one attached hydrogen (secondary N) is 2. The number of nitrogens with zero attached hydrogens (tertiary/aromatic N) is 1. The van der Waals surface area contributed by atoms with Crippen LogP contribution in [0.5, 0.6) is 5.75 Å². The summed E-state index contributed by atoms with van der Waals surface area (Å²) >= 11 is 0. The summed E-state index contributed by atoms with van der Waals surface area (Å²) in [6.45, 7) is 2.41. The number of ether oxygens (including phenoxy) is 1. The summed E-state index contributed by atoms with van der Waals surface area (Å²) in [6.07, 6.45) is 2.57. The number of carbonyl (C=O) groups is 3. The van der Waals surface area contributed by atoms with Crippen LogP contribution >= 0.6 is 0 Å². The first-order valence-electron chi connectivity index (χ1n) is 9.08. The van der Waals surface area contributed by atoms with E-state index in [0.29, 0.717) is 24.3 Å². The van der Waals surface area contributed by atoms with Gasteiger partial charge >= 0.3 is 0 Å². The number of rotatable bonds is 2. The van der Waals surface area contributed by atoms with Gasteiger partial charge in [0.05, 0.1) is 12.7 Å². The third-order valence-corrected chi connectivity index (χ3v) is 6.28. The molecule has 1 unspecified atom stereocenters.